The number of nitrogens with zero attached hydrogens (tertiary/aromatic N) is 2. The van der Waals surface area contributed by atoms with Crippen LogP contribution in [0.4, 0.5) is 5.95 Å². The molecule has 12 nitrogen and oxygen atoms in total. The summed E-state index contributed by atoms with van der Waals surface area (Å²) >= 11 is 0. The van der Waals surface area contributed by atoms with Crippen molar-refractivity contribution in [3.05, 3.63) is 63.8 Å². The Balaban J connectivity index is 1.44. The van der Waals surface area contributed by atoms with Gasteiger partial charge in [-0.05, 0) is 49.7 Å². The number of hydrogen-bond acceptors (Lipinski definition) is 10. The predicted octanol–water partition coefficient (Wildman–Crippen LogP) is 1.29. The number of nitrogens with two attached hydrogens (primary N) is 1. The highest BCUT2D eigenvalue weighted by atomic mass is 16.5. The molecule has 2 saturated carbocycles. The molecular formula is C32H43N5O7. The van der Waals surface area contributed by atoms with Crippen LogP contribution in [0, 0.1) is 22.7 Å². The summed E-state index contributed by atoms with van der Waals surface area (Å²) in [6, 6.07) is -0.757. The average Bonchev–Trinajstić information content (AvgIpc) is 3.36. The second-order valence-electron chi connectivity index (χ2n) is 12.9. The molecule has 3 heterocycles. The predicted molar refractivity (Wildman–Crippen MR) is 164 cm³/mol. The van der Waals surface area contributed by atoms with Crippen LogP contribution < -0.4 is 16.6 Å². The molecule has 4 aliphatic rings. The fourth-order valence-corrected chi connectivity index (χ4v) is 7.51. The van der Waals surface area contributed by atoms with Gasteiger partial charge in [-0.2, -0.15) is 0 Å². The van der Waals surface area contributed by atoms with Crippen molar-refractivity contribution in [2.45, 2.75) is 58.2 Å². The number of aliphatic hydroxyl groups is 2. The number of H-pyrrole nitrogens is 1. The average molecular weight is 610 g/mol. The number of hydrogen-bond donors (Lipinski definition) is 5. The number of cyclic esters (lactones) is 1. The second-order valence-corrected chi connectivity index (χ2v) is 12.9. The van der Waals surface area contributed by atoms with Crippen molar-refractivity contribution in [1.82, 2.24) is 20.2 Å². The number of carbonyl (C=O) groups is 2. The van der Waals surface area contributed by atoms with E-state index in [0.29, 0.717) is 51.1 Å². The first-order chi connectivity index (χ1) is 20.9. The first-order valence-electron chi connectivity index (χ1n) is 15.2. The number of rotatable bonds is 7. The maximum absolute atomic E-state index is 13.3. The number of aromatic nitrogens is 2. The van der Waals surface area contributed by atoms with E-state index in [-0.39, 0.29) is 53.1 Å². The maximum atomic E-state index is 13.3. The Kier molecular flexibility index (Phi) is 8.99. The Labute approximate surface area is 256 Å². The maximum Gasteiger partial charge on any atom is 0.343 e. The summed E-state index contributed by atoms with van der Waals surface area (Å²) in [7, 11) is 0. The van der Waals surface area contributed by atoms with E-state index in [2.05, 4.69) is 28.8 Å². The van der Waals surface area contributed by atoms with E-state index in [1.807, 2.05) is 19.9 Å². The van der Waals surface area contributed by atoms with Crippen molar-refractivity contribution >= 4 is 23.9 Å². The Hall–Kier alpha value is -3.58. The fourth-order valence-electron chi connectivity index (χ4n) is 7.51. The van der Waals surface area contributed by atoms with E-state index in [4.69, 9.17) is 15.2 Å². The molecule has 1 amide bonds. The van der Waals surface area contributed by atoms with Crippen molar-refractivity contribution in [3.63, 3.8) is 0 Å². The highest BCUT2D eigenvalue weighted by molar-refractivity contribution is 5.96. The van der Waals surface area contributed by atoms with Gasteiger partial charge < -0.3 is 30.3 Å². The molecule has 0 radical (unpaired) electrons. The van der Waals surface area contributed by atoms with Gasteiger partial charge in [-0.15, -0.1) is 0 Å². The number of anilines is 1. The van der Waals surface area contributed by atoms with E-state index < -0.39 is 29.1 Å². The fraction of sp³-hybridized carbons (Fsp3) is 0.562. The third-order valence-corrected chi connectivity index (χ3v) is 10.2. The normalized spacial score (nSPS) is 34.2. The zero-order valence-electron chi connectivity index (χ0n) is 25.5. The first kappa shape index (κ1) is 31.8. The van der Waals surface area contributed by atoms with Gasteiger partial charge in [0.2, 0.25) is 5.91 Å². The molecule has 12 heteroatoms. The number of carbonyl (C=O) groups excluding carboxylic acids is 2. The van der Waals surface area contributed by atoms with E-state index in [9.17, 15) is 24.6 Å². The molecule has 4 unspecified atom stereocenters. The van der Waals surface area contributed by atoms with Gasteiger partial charge in [0.05, 0.1) is 43.1 Å². The van der Waals surface area contributed by atoms with Crippen LogP contribution in [-0.2, 0) is 19.1 Å². The van der Waals surface area contributed by atoms with Crippen molar-refractivity contribution < 1.29 is 29.3 Å². The lowest BCUT2D eigenvalue weighted by molar-refractivity contribution is -0.150. The minimum atomic E-state index is -0.765. The molecule has 3 fully saturated rings. The third-order valence-electron chi connectivity index (χ3n) is 10.2. The van der Waals surface area contributed by atoms with Gasteiger partial charge in [-0.25, -0.2) is 9.78 Å². The lowest BCUT2D eigenvalue weighted by atomic mass is 9.45. The summed E-state index contributed by atoms with van der Waals surface area (Å²) < 4.78 is 10.8. The smallest absolute Gasteiger partial charge is 0.343 e. The molecule has 5 rings (SSSR count). The van der Waals surface area contributed by atoms with Gasteiger partial charge in [0, 0.05) is 36.7 Å². The van der Waals surface area contributed by atoms with Gasteiger partial charge >= 0.3 is 5.97 Å². The molecule has 238 valence electrons. The van der Waals surface area contributed by atoms with Crippen LogP contribution in [-0.4, -0.2) is 88.1 Å². The molecular weight excluding hydrogens is 566 g/mol. The van der Waals surface area contributed by atoms with Crippen LogP contribution in [0.2, 0.25) is 0 Å². The topological polar surface area (TPSA) is 180 Å². The number of nitrogen functional groups attached to an aromatic ring is 1. The van der Waals surface area contributed by atoms with E-state index in [1.54, 1.807) is 17.1 Å². The van der Waals surface area contributed by atoms with E-state index in [1.165, 1.54) is 12.3 Å². The number of morpholine rings is 1. The lowest BCUT2D eigenvalue weighted by Gasteiger charge is -2.61. The quantitative estimate of drug-likeness (QED) is 0.223. The van der Waals surface area contributed by atoms with Crippen LogP contribution in [0.5, 0.6) is 0 Å². The molecule has 1 aromatic rings. The number of amides is 1. The number of aromatic amines is 1. The summed E-state index contributed by atoms with van der Waals surface area (Å²) in [4.78, 5) is 46.3. The van der Waals surface area contributed by atoms with Crippen LogP contribution in [0.15, 0.2) is 52.7 Å². The van der Waals surface area contributed by atoms with Gasteiger partial charge in [0.1, 0.15) is 5.76 Å². The largest absolute Gasteiger partial charge is 0.423 e. The molecule has 0 aromatic carbocycles. The highest BCUT2D eigenvalue weighted by Gasteiger charge is 2.59. The Morgan fingerprint density at radius 1 is 1.34 bits per heavy atom. The first-order valence-corrected chi connectivity index (χ1v) is 15.2. The molecule has 2 aliphatic heterocycles. The molecule has 44 heavy (non-hydrogen) atoms. The Morgan fingerprint density at radius 2 is 2.07 bits per heavy atom. The molecule has 1 aromatic heterocycles. The van der Waals surface area contributed by atoms with Crippen LogP contribution in [0.3, 0.4) is 0 Å². The Bertz CT molecular complexity index is 1460. The number of ether oxygens (including phenoxy) is 2. The highest BCUT2D eigenvalue weighted by Crippen LogP contribution is 2.61. The summed E-state index contributed by atoms with van der Waals surface area (Å²) in [5, 5.41) is 25.2. The van der Waals surface area contributed by atoms with Crippen molar-refractivity contribution in [3.8, 4) is 0 Å². The monoisotopic (exact) mass is 609 g/mol. The zero-order chi connectivity index (χ0) is 31.8. The van der Waals surface area contributed by atoms with Crippen LogP contribution in [0.25, 0.3) is 6.08 Å². The third kappa shape index (κ3) is 5.91. The standard InChI is InChI=1S/C32H43N5O7/c1-18-23(6-5-20-13-22(44-29(20)42)14-21-16-34-30(33)36-27(21)40)31(3)8-7-26(39)32(4,17-38)25(31)15-24(18)35-19(2)28(41)37-9-11-43-12-10-37/h5-6,13-14,16,19,23-26,35,38-39H,1,7-12,15,17H2,2-4H3,(H3,33,34,36,40)/b6-5+,22-14+/t19?,23?,24?,25?,26-,31-,32+/m1/s1. The molecule has 0 spiro atoms. The number of fused-ring (bicyclic) bond motifs is 1. The van der Waals surface area contributed by atoms with Crippen molar-refractivity contribution in [2.24, 2.45) is 22.7 Å². The number of allylic oxidation sites excluding steroid dienone is 2. The Morgan fingerprint density at radius 3 is 2.75 bits per heavy atom. The van der Waals surface area contributed by atoms with Crippen LogP contribution in [0.1, 0.15) is 45.6 Å². The number of aliphatic hydroxyl groups excluding tert-OH is 2. The SMILES string of the molecule is C=C1C(NC(C)C(=O)N2CCOCC2)CC2[C@](C)(CC[C@@H](O)[C@@]2(C)CO)C1/C=C/C1=CC(=C\c2cnc(N)[nH]c2=O)/OC1=O. The summed E-state index contributed by atoms with van der Waals surface area (Å²) in [6.07, 6.45) is 9.06. The van der Waals surface area contributed by atoms with E-state index in [0.717, 1.165) is 5.57 Å². The van der Waals surface area contributed by atoms with Gasteiger partial charge in [0.25, 0.3) is 5.56 Å². The van der Waals surface area contributed by atoms with Crippen LogP contribution >= 0.6 is 0 Å². The minimum absolute atomic E-state index is 0.0107. The summed E-state index contributed by atoms with van der Waals surface area (Å²) in [6.45, 7) is 12.4. The molecule has 2 aliphatic carbocycles. The zero-order valence-corrected chi connectivity index (χ0v) is 25.5. The van der Waals surface area contributed by atoms with Crippen molar-refractivity contribution in [2.75, 3.05) is 38.6 Å². The summed E-state index contributed by atoms with van der Waals surface area (Å²) in [5.74, 6) is -0.746. The molecule has 6 N–H and O–H groups in total. The van der Waals surface area contributed by atoms with E-state index >= 15 is 0 Å². The van der Waals surface area contributed by atoms with Gasteiger partial charge in [-0.3, -0.25) is 19.9 Å². The van der Waals surface area contributed by atoms with Gasteiger partial charge in [-0.1, -0.05) is 38.2 Å². The minimum Gasteiger partial charge on any atom is -0.423 e. The van der Waals surface area contributed by atoms with Crippen molar-refractivity contribution in [1.29, 1.82) is 0 Å². The second kappa shape index (κ2) is 12.4. The summed E-state index contributed by atoms with van der Waals surface area (Å²) in [5.41, 5.74) is 5.28. The van der Waals surface area contributed by atoms with Gasteiger partial charge in [0.15, 0.2) is 5.95 Å². The molecule has 7 atom stereocenters. The molecule has 0 bridgehead atoms. The number of nitrogens with one attached hydrogen (secondary N) is 2. The number of esters is 1. The lowest BCUT2D eigenvalue weighted by Crippen LogP contribution is -2.62. The molecule has 1 saturated heterocycles.